The van der Waals surface area contributed by atoms with Crippen LogP contribution >= 0.6 is 0 Å². The Morgan fingerprint density at radius 2 is 2.03 bits per heavy atom. The van der Waals surface area contributed by atoms with Gasteiger partial charge in [-0.05, 0) is 53.1 Å². The van der Waals surface area contributed by atoms with Crippen molar-refractivity contribution in [2.75, 3.05) is 7.11 Å². The van der Waals surface area contributed by atoms with Gasteiger partial charge in [0.15, 0.2) is 5.69 Å². The normalized spacial score (nSPS) is 11.1. The first-order valence-electron chi connectivity index (χ1n) is 9.54. The third-order valence-electron chi connectivity index (χ3n) is 5.14. The van der Waals surface area contributed by atoms with Crippen molar-refractivity contribution in [1.29, 1.82) is 0 Å². The number of rotatable bonds is 5. The third kappa shape index (κ3) is 3.16. The van der Waals surface area contributed by atoms with E-state index in [1.54, 1.807) is 13.3 Å². The van der Waals surface area contributed by atoms with E-state index in [-0.39, 0.29) is 5.91 Å². The molecule has 0 fully saturated rings. The van der Waals surface area contributed by atoms with Crippen LogP contribution in [-0.4, -0.2) is 33.2 Å². The number of ether oxygens (including phenoxy) is 1. The lowest BCUT2D eigenvalue weighted by Crippen LogP contribution is -2.23. The van der Waals surface area contributed by atoms with Crippen LogP contribution in [0.5, 0.6) is 5.75 Å². The smallest absolute Gasteiger partial charge is 0.272 e. The highest BCUT2D eigenvalue weighted by atomic mass is 16.5. The zero-order valence-corrected chi connectivity index (χ0v) is 16.3. The number of H-pyrrole nitrogens is 2. The number of aromatic nitrogens is 4. The SMILES string of the molecule is COc1cccc(CNC(=O)c2n[nH]c3cc(-c4ccnc5[nH]ccc45)ccc23)c1. The van der Waals surface area contributed by atoms with Gasteiger partial charge in [0.25, 0.3) is 5.91 Å². The Morgan fingerprint density at radius 1 is 1.10 bits per heavy atom. The van der Waals surface area contributed by atoms with Gasteiger partial charge in [0.1, 0.15) is 11.4 Å². The van der Waals surface area contributed by atoms with Crippen molar-refractivity contribution in [1.82, 2.24) is 25.5 Å². The van der Waals surface area contributed by atoms with Crippen LogP contribution in [0.1, 0.15) is 16.1 Å². The van der Waals surface area contributed by atoms with Crippen molar-refractivity contribution in [2.24, 2.45) is 0 Å². The summed E-state index contributed by atoms with van der Waals surface area (Å²) < 4.78 is 5.22. The maximum Gasteiger partial charge on any atom is 0.272 e. The number of benzene rings is 2. The third-order valence-corrected chi connectivity index (χ3v) is 5.14. The number of aromatic amines is 2. The molecular weight excluding hydrogens is 378 g/mol. The van der Waals surface area contributed by atoms with E-state index in [9.17, 15) is 4.79 Å². The first kappa shape index (κ1) is 17.9. The number of carbonyl (C=O) groups excluding carboxylic acids is 1. The summed E-state index contributed by atoms with van der Waals surface area (Å²) in [6.45, 7) is 0.394. The summed E-state index contributed by atoms with van der Waals surface area (Å²) in [6, 6.07) is 17.5. The predicted molar refractivity (Wildman–Crippen MR) is 115 cm³/mol. The molecule has 3 aromatic heterocycles. The van der Waals surface area contributed by atoms with Crippen LogP contribution in [0.25, 0.3) is 33.1 Å². The average molecular weight is 397 g/mol. The second-order valence-corrected chi connectivity index (χ2v) is 6.97. The molecule has 2 aromatic carbocycles. The van der Waals surface area contributed by atoms with Crippen molar-refractivity contribution in [3.8, 4) is 16.9 Å². The molecule has 5 rings (SSSR count). The molecule has 3 heterocycles. The molecule has 0 atom stereocenters. The van der Waals surface area contributed by atoms with E-state index >= 15 is 0 Å². The molecule has 7 nitrogen and oxygen atoms in total. The van der Waals surface area contributed by atoms with Gasteiger partial charge in [0, 0.05) is 29.7 Å². The molecule has 0 aliphatic heterocycles. The number of amides is 1. The molecule has 0 spiro atoms. The first-order chi connectivity index (χ1) is 14.7. The van der Waals surface area contributed by atoms with Gasteiger partial charge in [-0.25, -0.2) is 4.98 Å². The summed E-state index contributed by atoms with van der Waals surface area (Å²) in [5, 5.41) is 12.0. The van der Waals surface area contributed by atoms with E-state index in [0.29, 0.717) is 12.2 Å². The van der Waals surface area contributed by atoms with Crippen molar-refractivity contribution >= 4 is 27.8 Å². The maximum absolute atomic E-state index is 12.7. The number of hydrogen-bond donors (Lipinski definition) is 3. The minimum Gasteiger partial charge on any atom is -0.497 e. The predicted octanol–water partition coefficient (Wildman–Crippen LogP) is 4.04. The lowest BCUT2D eigenvalue weighted by Gasteiger charge is -2.06. The molecule has 0 aliphatic carbocycles. The van der Waals surface area contributed by atoms with E-state index in [1.165, 1.54) is 0 Å². The quantitative estimate of drug-likeness (QED) is 0.417. The lowest BCUT2D eigenvalue weighted by molar-refractivity contribution is 0.0947. The number of carbonyl (C=O) groups is 1. The molecule has 5 aromatic rings. The molecule has 0 bridgehead atoms. The fourth-order valence-electron chi connectivity index (χ4n) is 3.62. The summed E-state index contributed by atoms with van der Waals surface area (Å²) in [5.41, 5.74) is 5.08. The van der Waals surface area contributed by atoms with Crippen LogP contribution in [0.2, 0.25) is 0 Å². The van der Waals surface area contributed by atoms with Crippen molar-refractivity contribution in [3.05, 3.63) is 78.2 Å². The van der Waals surface area contributed by atoms with Crippen molar-refractivity contribution < 1.29 is 9.53 Å². The molecule has 0 aliphatic rings. The number of nitrogens with zero attached hydrogens (tertiary/aromatic N) is 2. The van der Waals surface area contributed by atoms with Crippen LogP contribution in [0.15, 0.2) is 67.0 Å². The van der Waals surface area contributed by atoms with Gasteiger partial charge in [0.2, 0.25) is 0 Å². The summed E-state index contributed by atoms with van der Waals surface area (Å²) in [6.07, 6.45) is 3.66. The second kappa shape index (κ2) is 7.36. The molecule has 3 N–H and O–H groups in total. The first-order valence-corrected chi connectivity index (χ1v) is 9.54. The van der Waals surface area contributed by atoms with E-state index in [1.807, 2.05) is 60.8 Å². The van der Waals surface area contributed by atoms with E-state index < -0.39 is 0 Å². The van der Waals surface area contributed by atoms with Gasteiger partial charge >= 0.3 is 0 Å². The fraction of sp³-hybridized carbons (Fsp3) is 0.0870. The highest BCUT2D eigenvalue weighted by molar-refractivity contribution is 6.06. The second-order valence-electron chi connectivity index (χ2n) is 6.97. The summed E-state index contributed by atoms with van der Waals surface area (Å²) in [4.78, 5) is 20.2. The fourth-order valence-corrected chi connectivity index (χ4v) is 3.62. The number of pyridine rings is 1. The highest BCUT2D eigenvalue weighted by Gasteiger charge is 2.15. The monoisotopic (exact) mass is 397 g/mol. The van der Waals surface area contributed by atoms with E-state index in [4.69, 9.17) is 4.74 Å². The topological polar surface area (TPSA) is 95.7 Å². The van der Waals surface area contributed by atoms with Crippen LogP contribution < -0.4 is 10.1 Å². The summed E-state index contributed by atoms with van der Waals surface area (Å²) in [5.74, 6) is 0.529. The number of nitrogens with one attached hydrogen (secondary N) is 3. The zero-order valence-electron chi connectivity index (χ0n) is 16.3. The summed E-state index contributed by atoms with van der Waals surface area (Å²) in [7, 11) is 1.62. The van der Waals surface area contributed by atoms with Gasteiger partial charge in [-0.15, -0.1) is 0 Å². The van der Waals surface area contributed by atoms with Gasteiger partial charge in [-0.3, -0.25) is 9.89 Å². The van der Waals surface area contributed by atoms with E-state index in [2.05, 4.69) is 25.5 Å². The molecular formula is C23H19N5O2. The number of fused-ring (bicyclic) bond motifs is 2. The van der Waals surface area contributed by atoms with Crippen molar-refractivity contribution in [2.45, 2.75) is 6.54 Å². The molecule has 1 amide bonds. The molecule has 0 unspecified atom stereocenters. The Bertz CT molecular complexity index is 1370. The number of hydrogen-bond acceptors (Lipinski definition) is 4. The van der Waals surface area contributed by atoms with Gasteiger partial charge in [0.05, 0.1) is 12.6 Å². The molecule has 0 radical (unpaired) electrons. The van der Waals surface area contributed by atoms with Gasteiger partial charge in [-0.2, -0.15) is 5.10 Å². The van der Waals surface area contributed by atoms with Crippen LogP contribution in [-0.2, 0) is 6.54 Å². The average Bonchev–Trinajstić information content (AvgIpc) is 3.44. The highest BCUT2D eigenvalue weighted by Crippen LogP contribution is 2.29. The minimum atomic E-state index is -0.228. The molecule has 148 valence electrons. The Morgan fingerprint density at radius 3 is 2.93 bits per heavy atom. The van der Waals surface area contributed by atoms with Crippen LogP contribution in [0, 0.1) is 0 Å². The summed E-state index contributed by atoms with van der Waals surface area (Å²) >= 11 is 0. The Labute approximate surface area is 172 Å². The van der Waals surface area contributed by atoms with E-state index in [0.717, 1.165) is 44.4 Å². The Balaban J connectivity index is 1.41. The van der Waals surface area contributed by atoms with Crippen LogP contribution in [0.4, 0.5) is 0 Å². The van der Waals surface area contributed by atoms with Gasteiger partial charge < -0.3 is 15.0 Å². The maximum atomic E-state index is 12.7. The largest absolute Gasteiger partial charge is 0.497 e. The standard InChI is InChI=1S/C23H19N5O2/c1-30-16-4-2-3-14(11-16)13-26-23(29)21-19-6-5-15(12-20(19)27-28-21)17-7-9-24-22-18(17)8-10-25-22/h2-12H,13H2,1H3,(H,24,25)(H,26,29)(H,27,28). The van der Waals surface area contributed by atoms with Crippen molar-refractivity contribution in [3.63, 3.8) is 0 Å². The molecule has 0 saturated carbocycles. The lowest BCUT2D eigenvalue weighted by atomic mass is 10.0. The van der Waals surface area contributed by atoms with Crippen LogP contribution in [0.3, 0.4) is 0 Å². The molecule has 0 saturated heterocycles. The zero-order chi connectivity index (χ0) is 20.5. The molecule has 7 heteroatoms. The van der Waals surface area contributed by atoms with Gasteiger partial charge in [-0.1, -0.05) is 18.2 Å². The number of methoxy groups -OCH3 is 1. The minimum absolute atomic E-state index is 0.228. The Kier molecular flexibility index (Phi) is 4.40. The molecule has 30 heavy (non-hydrogen) atoms. The Hall–Kier alpha value is -4.13.